The Morgan fingerprint density at radius 3 is 1.81 bits per heavy atom. The number of ether oxygens (including phenoxy) is 1. The van der Waals surface area contributed by atoms with Crippen LogP contribution in [0.1, 0.15) is 50.5 Å². The highest BCUT2D eigenvalue weighted by atomic mass is 16.5. The third-order valence-electron chi connectivity index (χ3n) is 11.9. The highest BCUT2D eigenvalue weighted by molar-refractivity contribution is 6.05. The average Bonchev–Trinajstić information content (AvgIpc) is 3.57. The lowest BCUT2D eigenvalue weighted by atomic mass is 9.66. The van der Waals surface area contributed by atoms with E-state index in [1.807, 2.05) is 6.07 Å². The van der Waals surface area contributed by atoms with Crippen LogP contribution >= 0.6 is 0 Å². The summed E-state index contributed by atoms with van der Waals surface area (Å²) in [6.07, 6.45) is 2.25. The van der Waals surface area contributed by atoms with E-state index in [1.54, 1.807) is 0 Å². The molecule has 0 amide bonds. The van der Waals surface area contributed by atoms with Gasteiger partial charge in [0.25, 0.3) is 0 Å². The van der Waals surface area contributed by atoms with Crippen LogP contribution in [0.3, 0.4) is 0 Å². The molecule has 1 atom stereocenters. The molecule has 2 heterocycles. The van der Waals surface area contributed by atoms with Crippen LogP contribution in [-0.2, 0) is 5.41 Å². The molecule has 1 N–H and O–H groups in total. The molecule has 3 nitrogen and oxygen atoms in total. The molecule has 0 radical (unpaired) electrons. The fourth-order valence-corrected chi connectivity index (χ4v) is 9.27. The summed E-state index contributed by atoms with van der Waals surface area (Å²) in [6, 6.07) is 69.6. The van der Waals surface area contributed by atoms with E-state index < -0.39 is 5.41 Å². The first-order valence-corrected chi connectivity index (χ1v) is 19.7. The predicted octanol–water partition coefficient (Wildman–Crippen LogP) is 12.9. The second-order valence-corrected chi connectivity index (χ2v) is 15.2. The third kappa shape index (κ3) is 5.31. The number of benzene rings is 8. The predicted molar refractivity (Wildman–Crippen MR) is 233 cm³/mol. The average molecular weight is 731 g/mol. The van der Waals surface area contributed by atoms with Gasteiger partial charge in [0, 0.05) is 22.4 Å². The van der Waals surface area contributed by atoms with E-state index in [4.69, 9.17) is 9.73 Å². The summed E-state index contributed by atoms with van der Waals surface area (Å²) >= 11 is 0. The topological polar surface area (TPSA) is 33.6 Å². The lowest BCUT2D eigenvalue weighted by molar-refractivity contribution is 0.436. The van der Waals surface area contributed by atoms with E-state index >= 15 is 0 Å². The Balaban J connectivity index is 1.02. The summed E-state index contributed by atoms with van der Waals surface area (Å²) in [5.41, 5.74) is 17.3. The Morgan fingerprint density at radius 2 is 1.05 bits per heavy atom. The maximum absolute atomic E-state index is 6.72. The monoisotopic (exact) mass is 730 g/mol. The Labute approximate surface area is 333 Å². The summed E-state index contributed by atoms with van der Waals surface area (Å²) in [5, 5.41) is 3.63. The van der Waals surface area contributed by atoms with Gasteiger partial charge in [0.05, 0.1) is 11.5 Å². The molecule has 8 aromatic carbocycles. The van der Waals surface area contributed by atoms with Crippen molar-refractivity contribution in [3.05, 3.63) is 245 Å². The quantitative estimate of drug-likeness (QED) is 0.191. The first kappa shape index (κ1) is 33.1. The zero-order chi connectivity index (χ0) is 37.9. The van der Waals surface area contributed by atoms with Gasteiger partial charge in [-0.2, -0.15) is 0 Å². The normalized spacial score (nSPS) is 15.6. The van der Waals surface area contributed by atoms with Gasteiger partial charge < -0.3 is 10.1 Å². The molecule has 1 spiro atoms. The summed E-state index contributed by atoms with van der Waals surface area (Å²) in [4.78, 5) is 5.27. The molecule has 270 valence electrons. The molecule has 0 bridgehead atoms. The molecule has 0 saturated heterocycles. The van der Waals surface area contributed by atoms with E-state index in [0.717, 1.165) is 50.8 Å². The Morgan fingerprint density at radius 1 is 0.456 bits per heavy atom. The van der Waals surface area contributed by atoms with Crippen LogP contribution in [0.2, 0.25) is 0 Å². The molecule has 2 aliphatic heterocycles. The number of aryl methyl sites for hydroxylation is 1. The van der Waals surface area contributed by atoms with Crippen molar-refractivity contribution in [1.82, 2.24) is 5.32 Å². The maximum Gasteiger partial charge on any atom is 0.133 e. The molecule has 1 unspecified atom stereocenters. The number of nitrogens with one attached hydrogen (secondary N) is 1. The van der Waals surface area contributed by atoms with Crippen LogP contribution in [-0.4, -0.2) is 5.84 Å². The lowest BCUT2D eigenvalue weighted by Crippen LogP contribution is -2.32. The molecule has 11 rings (SSSR count). The zero-order valence-corrected chi connectivity index (χ0v) is 31.5. The molecule has 1 aliphatic carbocycles. The number of fused-ring (bicyclic) bond motifs is 9. The SMILES string of the molecule is Cc1ccc(C2C=C(c3ccccc3)NC(c3ccccc3)=N2)cc1-c1cccc(-c2ccc3c(c2)C2(c4ccccc4O3)c3ccccc3-c3ccccc32)c1. The second kappa shape index (κ2) is 13.2. The summed E-state index contributed by atoms with van der Waals surface area (Å²) in [7, 11) is 0. The molecular formula is C54H38N2O. The molecule has 0 fully saturated rings. The Bertz CT molecular complexity index is 2820. The fraction of sp³-hybridized carbons (Fsp3) is 0.0556. The maximum atomic E-state index is 6.72. The molecule has 3 heteroatoms. The van der Waals surface area contributed by atoms with Crippen LogP contribution in [0.25, 0.3) is 39.1 Å². The summed E-state index contributed by atoms with van der Waals surface area (Å²) < 4.78 is 6.72. The van der Waals surface area contributed by atoms with Crippen LogP contribution in [0.15, 0.2) is 205 Å². The van der Waals surface area contributed by atoms with E-state index in [9.17, 15) is 0 Å². The second-order valence-electron chi connectivity index (χ2n) is 15.2. The smallest absolute Gasteiger partial charge is 0.133 e. The van der Waals surface area contributed by atoms with Crippen molar-refractivity contribution in [2.24, 2.45) is 4.99 Å². The number of amidine groups is 1. The van der Waals surface area contributed by atoms with Crippen LogP contribution in [0, 0.1) is 6.92 Å². The van der Waals surface area contributed by atoms with Crippen molar-refractivity contribution >= 4 is 11.5 Å². The number of nitrogens with zero attached hydrogens (tertiary/aromatic N) is 1. The fourth-order valence-electron chi connectivity index (χ4n) is 9.27. The number of aliphatic imine (C=N–C) groups is 1. The number of hydrogen-bond donors (Lipinski definition) is 1. The largest absolute Gasteiger partial charge is 0.457 e. The van der Waals surface area contributed by atoms with Gasteiger partial charge in [-0.15, -0.1) is 0 Å². The van der Waals surface area contributed by atoms with Gasteiger partial charge in [-0.05, 0) is 105 Å². The minimum Gasteiger partial charge on any atom is -0.457 e. The molecule has 0 saturated carbocycles. The van der Waals surface area contributed by atoms with Crippen LogP contribution < -0.4 is 10.1 Å². The Hall–Kier alpha value is -7.23. The molecule has 8 aromatic rings. The van der Waals surface area contributed by atoms with Gasteiger partial charge in [-0.1, -0.05) is 164 Å². The van der Waals surface area contributed by atoms with E-state index in [1.165, 1.54) is 50.1 Å². The zero-order valence-electron chi connectivity index (χ0n) is 31.5. The standard InChI is InChI=1S/C54H38N2O/c1-35-27-28-41(50-34-49(36-15-4-2-5-16-36)55-53(56-50)37-17-6-3-7-18-37)32-44(35)40-20-14-19-38(31-40)39-29-30-52-48(33-39)54(47-25-12-13-26-51(47)57-52)45-23-10-8-21-42(45)43-22-9-11-24-46(43)54/h2-34,50H,1H3,(H,55,56). The minimum absolute atomic E-state index is 0.156. The molecule has 0 aromatic heterocycles. The van der Waals surface area contributed by atoms with E-state index in [0.29, 0.717) is 0 Å². The summed E-state index contributed by atoms with van der Waals surface area (Å²) in [5.74, 6) is 2.67. The van der Waals surface area contributed by atoms with Gasteiger partial charge in [-0.3, -0.25) is 4.99 Å². The first-order valence-electron chi connectivity index (χ1n) is 19.7. The lowest BCUT2D eigenvalue weighted by Gasteiger charge is -2.39. The van der Waals surface area contributed by atoms with Gasteiger partial charge in [0.15, 0.2) is 0 Å². The number of hydrogen-bond acceptors (Lipinski definition) is 3. The van der Waals surface area contributed by atoms with Gasteiger partial charge in [0.2, 0.25) is 0 Å². The van der Waals surface area contributed by atoms with E-state index in [2.05, 4.69) is 206 Å². The van der Waals surface area contributed by atoms with E-state index in [-0.39, 0.29) is 6.04 Å². The van der Waals surface area contributed by atoms with Crippen molar-refractivity contribution in [2.75, 3.05) is 0 Å². The van der Waals surface area contributed by atoms with Crippen molar-refractivity contribution < 1.29 is 4.74 Å². The van der Waals surface area contributed by atoms with Crippen molar-refractivity contribution in [3.8, 4) is 44.9 Å². The van der Waals surface area contributed by atoms with Crippen molar-refractivity contribution in [3.63, 3.8) is 0 Å². The first-order chi connectivity index (χ1) is 28.1. The van der Waals surface area contributed by atoms with Gasteiger partial charge >= 0.3 is 0 Å². The number of rotatable bonds is 5. The van der Waals surface area contributed by atoms with Crippen molar-refractivity contribution in [1.29, 1.82) is 0 Å². The third-order valence-corrected chi connectivity index (χ3v) is 11.9. The molecule has 57 heavy (non-hydrogen) atoms. The van der Waals surface area contributed by atoms with Gasteiger partial charge in [-0.25, -0.2) is 0 Å². The number of para-hydroxylation sites is 1. The van der Waals surface area contributed by atoms with Crippen LogP contribution in [0.4, 0.5) is 0 Å². The van der Waals surface area contributed by atoms with Crippen LogP contribution in [0.5, 0.6) is 11.5 Å². The van der Waals surface area contributed by atoms with Gasteiger partial charge in [0.1, 0.15) is 17.3 Å². The minimum atomic E-state index is -0.504. The molecule has 3 aliphatic rings. The highest BCUT2D eigenvalue weighted by Crippen LogP contribution is 2.62. The summed E-state index contributed by atoms with van der Waals surface area (Å²) in [6.45, 7) is 2.20. The van der Waals surface area contributed by atoms with Crippen molar-refractivity contribution in [2.45, 2.75) is 18.4 Å². The Kier molecular flexibility index (Phi) is 7.68. The molecular weight excluding hydrogens is 693 g/mol. The highest BCUT2D eigenvalue weighted by Gasteiger charge is 2.51.